The van der Waals surface area contributed by atoms with Gasteiger partial charge in [-0.1, -0.05) is 52.0 Å². The fourth-order valence-electron chi connectivity index (χ4n) is 2.47. The van der Waals surface area contributed by atoms with Crippen molar-refractivity contribution in [3.63, 3.8) is 0 Å². The van der Waals surface area contributed by atoms with Gasteiger partial charge in [0.05, 0.1) is 5.69 Å². The van der Waals surface area contributed by atoms with Crippen LogP contribution >= 0.6 is 0 Å². The first-order chi connectivity index (χ1) is 9.91. The normalized spacial score (nSPS) is 11.9. The van der Waals surface area contributed by atoms with E-state index in [2.05, 4.69) is 68.6 Å². The number of hydrogen-bond acceptors (Lipinski definition) is 2. The van der Waals surface area contributed by atoms with Gasteiger partial charge in [-0.3, -0.25) is 4.68 Å². The first-order valence-corrected chi connectivity index (χ1v) is 7.76. The largest absolute Gasteiger partial charge is 0.313 e. The first kappa shape index (κ1) is 15.8. The van der Waals surface area contributed by atoms with Crippen LogP contribution in [0.2, 0.25) is 0 Å². The summed E-state index contributed by atoms with van der Waals surface area (Å²) in [5.41, 5.74) is 5.01. The van der Waals surface area contributed by atoms with Crippen molar-refractivity contribution < 1.29 is 0 Å². The van der Waals surface area contributed by atoms with Crippen molar-refractivity contribution >= 4 is 0 Å². The van der Waals surface area contributed by atoms with Crippen LogP contribution in [0.25, 0.3) is 11.1 Å². The molecule has 0 bridgehead atoms. The van der Waals surface area contributed by atoms with E-state index in [9.17, 15) is 0 Å². The Morgan fingerprint density at radius 3 is 2.38 bits per heavy atom. The van der Waals surface area contributed by atoms with Gasteiger partial charge in [0, 0.05) is 30.8 Å². The lowest BCUT2D eigenvalue weighted by atomic mass is 9.87. The quantitative estimate of drug-likeness (QED) is 0.845. The van der Waals surface area contributed by atoms with E-state index in [1.807, 2.05) is 11.7 Å². The standard InChI is InChI=1S/C18H27N3/c1-6-11-19-12-14-7-9-15(10-8-14)16-13-21(5)20-17(16)18(2,3)4/h7-10,13,19H,6,11-12H2,1-5H3. The summed E-state index contributed by atoms with van der Waals surface area (Å²) >= 11 is 0. The molecule has 0 unspecified atom stereocenters. The van der Waals surface area contributed by atoms with E-state index < -0.39 is 0 Å². The van der Waals surface area contributed by atoms with Crippen LogP contribution in [0.1, 0.15) is 45.4 Å². The van der Waals surface area contributed by atoms with Gasteiger partial charge in [-0.2, -0.15) is 5.10 Å². The van der Waals surface area contributed by atoms with Crippen LogP contribution in [0, 0.1) is 0 Å². The van der Waals surface area contributed by atoms with Gasteiger partial charge in [-0.05, 0) is 24.1 Å². The molecule has 0 saturated carbocycles. The summed E-state index contributed by atoms with van der Waals surface area (Å²) in [6, 6.07) is 8.82. The van der Waals surface area contributed by atoms with E-state index in [-0.39, 0.29) is 5.41 Å². The molecule has 1 aromatic carbocycles. The molecule has 1 N–H and O–H groups in total. The fraction of sp³-hybridized carbons (Fsp3) is 0.500. The van der Waals surface area contributed by atoms with Crippen LogP contribution in [-0.2, 0) is 19.0 Å². The Labute approximate surface area is 128 Å². The SMILES string of the molecule is CCCNCc1ccc(-c2cn(C)nc2C(C)(C)C)cc1. The van der Waals surface area contributed by atoms with Crippen LogP contribution in [0.4, 0.5) is 0 Å². The fourth-order valence-corrected chi connectivity index (χ4v) is 2.47. The van der Waals surface area contributed by atoms with Crippen LogP contribution in [-0.4, -0.2) is 16.3 Å². The third kappa shape index (κ3) is 3.94. The van der Waals surface area contributed by atoms with Gasteiger partial charge in [0.2, 0.25) is 0 Å². The van der Waals surface area contributed by atoms with Crippen molar-refractivity contribution in [2.75, 3.05) is 6.54 Å². The molecule has 3 nitrogen and oxygen atoms in total. The molecular weight excluding hydrogens is 258 g/mol. The number of aryl methyl sites for hydroxylation is 1. The summed E-state index contributed by atoms with van der Waals surface area (Å²) in [4.78, 5) is 0. The molecule has 1 aromatic heterocycles. The molecule has 0 fully saturated rings. The highest BCUT2D eigenvalue weighted by atomic mass is 15.3. The smallest absolute Gasteiger partial charge is 0.0756 e. The predicted molar refractivity (Wildman–Crippen MR) is 89.3 cm³/mol. The van der Waals surface area contributed by atoms with E-state index in [0.29, 0.717) is 0 Å². The Hall–Kier alpha value is -1.61. The summed E-state index contributed by atoms with van der Waals surface area (Å²) in [5, 5.41) is 8.08. The van der Waals surface area contributed by atoms with E-state index in [4.69, 9.17) is 0 Å². The third-order valence-electron chi connectivity index (χ3n) is 3.56. The van der Waals surface area contributed by atoms with Gasteiger partial charge in [-0.25, -0.2) is 0 Å². The van der Waals surface area contributed by atoms with Crippen molar-refractivity contribution in [3.8, 4) is 11.1 Å². The molecule has 0 amide bonds. The predicted octanol–water partition coefficient (Wildman–Crippen LogP) is 3.88. The van der Waals surface area contributed by atoms with E-state index >= 15 is 0 Å². The number of benzene rings is 1. The molecule has 0 spiro atoms. The Morgan fingerprint density at radius 2 is 1.81 bits per heavy atom. The average molecular weight is 285 g/mol. The van der Waals surface area contributed by atoms with Crippen LogP contribution in [0.5, 0.6) is 0 Å². The van der Waals surface area contributed by atoms with Crippen molar-refractivity contribution in [1.82, 2.24) is 15.1 Å². The Kier molecular flexibility index (Phi) is 4.84. The number of aromatic nitrogens is 2. The molecular formula is C18H27N3. The topological polar surface area (TPSA) is 29.9 Å². The maximum Gasteiger partial charge on any atom is 0.0756 e. The maximum atomic E-state index is 4.65. The van der Waals surface area contributed by atoms with Gasteiger partial charge in [0.15, 0.2) is 0 Å². The highest BCUT2D eigenvalue weighted by Crippen LogP contribution is 2.31. The van der Waals surface area contributed by atoms with Crippen molar-refractivity contribution in [2.24, 2.45) is 7.05 Å². The Balaban J connectivity index is 2.23. The zero-order chi connectivity index (χ0) is 15.5. The second-order valence-corrected chi connectivity index (χ2v) is 6.69. The number of rotatable bonds is 5. The molecule has 0 aliphatic rings. The molecule has 0 radical (unpaired) electrons. The number of nitrogens with one attached hydrogen (secondary N) is 1. The van der Waals surface area contributed by atoms with Crippen molar-refractivity contribution in [3.05, 3.63) is 41.7 Å². The lowest BCUT2D eigenvalue weighted by Crippen LogP contribution is -2.14. The van der Waals surface area contributed by atoms with Crippen LogP contribution in [0.15, 0.2) is 30.5 Å². The third-order valence-corrected chi connectivity index (χ3v) is 3.56. The molecule has 0 atom stereocenters. The highest BCUT2D eigenvalue weighted by molar-refractivity contribution is 5.66. The summed E-state index contributed by atoms with van der Waals surface area (Å²) in [7, 11) is 1.99. The highest BCUT2D eigenvalue weighted by Gasteiger charge is 2.22. The van der Waals surface area contributed by atoms with E-state index in [1.165, 1.54) is 23.1 Å². The molecule has 114 valence electrons. The summed E-state index contributed by atoms with van der Waals surface area (Å²) in [6.45, 7) is 10.8. The second kappa shape index (κ2) is 6.44. The zero-order valence-corrected chi connectivity index (χ0v) is 13.9. The summed E-state index contributed by atoms with van der Waals surface area (Å²) < 4.78 is 1.91. The van der Waals surface area contributed by atoms with Crippen molar-refractivity contribution in [1.29, 1.82) is 0 Å². The van der Waals surface area contributed by atoms with Gasteiger partial charge in [-0.15, -0.1) is 0 Å². The monoisotopic (exact) mass is 285 g/mol. The van der Waals surface area contributed by atoms with E-state index in [0.717, 1.165) is 18.8 Å². The maximum absolute atomic E-state index is 4.65. The lowest BCUT2D eigenvalue weighted by molar-refractivity contribution is 0.554. The van der Waals surface area contributed by atoms with Crippen molar-refractivity contribution in [2.45, 2.75) is 46.1 Å². The minimum atomic E-state index is 0.0535. The van der Waals surface area contributed by atoms with Crippen LogP contribution < -0.4 is 5.32 Å². The molecule has 3 heteroatoms. The van der Waals surface area contributed by atoms with E-state index in [1.54, 1.807) is 0 Å². The number of hydrogen-bond donors (Lipinski definition) is 1. The molecule has 2 aromatic rings. The average Bonchev–Trinajstić information content (AvgIpc) is 2.82. The second-order valence-electron chi connectivity index (χ2n) is 6.69. The minimum Gasteiger partial charge on any atom is -0.313 e. The first-order valence-electron chi connectivity index (χ1n) is 7.76. The van der Waals surface area contributed by atoms with Gasteiger partial charge < -0.3 is 5.32 Å². The number of nitrogens with zero attached hydrogens (tertiary/aromatic N) is 2. The zero-order valence-electron chi connectivity index (χ0n) is 13.9. The Morgan fingerprint density at radius 1 is 1.14 bits per heavy atom. The van der Waals surface area contributed by atoms with Gasteiger partial charge in [0.25, 0.3) is 0 Å². The molecule has 2 rings (SSSR count). The molecule has 21 heavy (non-hydrogen) atoms. The summed E-state index contributed by atoms with van der Waals surface area (Å²) in [5.74, 6) is 0. The molecule has 0 aliphatic heterocycles. The van der Waals surface area contributed by atoms with Gasteiger partial charge >= 0.3 is 0 Å². The molecule has 0 saturated heterocycles. The Bertz CT molecular complexity index is 574. The minimum absolute atomic E-state index is 0.0535. The molecule has 1 heterocycles. The summed E-state index contributed by atoms with van der Waals surface area (Å²) in [6.07, 6.45) is 3.29. The molecule has 0 aliphatic carbocycles. The lowest BCUT2D eigenvalue weighted by Gasteiger charge is -2.17. The van der Waals surface area contributed by atoms with Gasteiger partial charge in [0.1, 0.15) is 0 Å². The van der Waals surface area contributed by atoms with Crippen LogP contribution in [0.3, 0.4) is 0 Å².